The van der Waals surface area contributed by atoms with Gasteiger partial charge in [0.15, 0.2) is 0 Å². The van der Waals surface area contributed by atoms with E-state index in [0.717, 1.165) is 31.5 Å². The van der Waals surface area contributed by atoms with Gasteiger partial charge in [-0.2, -0.15) is 0 Å². The van der Waals surface area contributed by atoms with Gasteiger partial charge in [-0.15, -0.1) is 11.8 Å². The summed E-state index contributed by atoms with van der Waals surface area (Å²) in [6.45, 7) is 2.18. The minimum absolute atomic E-state index is 0.0520. The summed E-state index contributed by atoms with van der Waals surface area (Å²) in [4.78, 5) is 19.2. The van der Waals surface area contributed by atoms with Gasteiger partial charge in [-0.05, 0) is 80.1 Å². The Balaban J connectivity index is 1.36. The lowest BCUT2D eigenvalue weighted by molar-refractivity contribution is -0.142. The van der Waals surface area contributed by atoms with Gasteiger partial charge in [-0.1, -0.05) is 0 Å². The second kappa shape index (κ2) is 13.5. The lowest BCUT2D eigenvalue weighted by atomic mass is 9.79. The van der Waals surface area contributed by atoms with Crippen LogP contribution in [-0.4, -0.2) is 55.5 Å². The van der Waals surface area contributed by atoms with E-state index >= 15 is 0 Å². The van der Waals surface area contributed by atoms with Crippen LogP contribution in [0, 0.1) is 29.3 Å². The molecule has 210 valence electrons. The Hall–Kier alpha value is -2.82. The first-order chi connectivity index (χ1) is 18.8. The lowest BCUT2D eigenvalue weighted by Crippen LogP contribution is -2.42. The standard InChI is InChI=1S/C29H34F3N3O3S/c1-37-22-5-8-26-19(13-22)14-24(32)29(34-26)25(33)7-3-18-9-10-35(17-20(18)15-28(36)38-2)11-12-39-27-16-21(30)4-6-23(27)31/h4-6,8,13-14,16,18,20,25H,3,7,9-12,15,17,33H2,1-2H3. The van der Waals surface area contributed by atoms with Crippen LogP contribution in [-0.2, 0) is 9.53 Å². The van der Waals surface area contributed by atoms with Crippen LogP contribution in [0.5, 0.6) is 5.75 Å². The molecule has 0 aliphatic carbocycles. The van der Waals surface area contributed by atoms with Gasteiger partial charge in [-0.25, -0.2) is 18.2 Å². The summed E-state index contributed by atoms with van der Waals surface area (Å²) in [5.74, 6) is -0.125. The molecule has 1 aliphatic rings. The van der Waals surface area contributed by atoms with Gasteiger partial charge >= 0.3 is 5.97 Å². The summed E-state index contributed by atoms with van der Waals surface area (Å²) in [5, 5.41) is 0.645. The van der Waals surface area contributed by atoms with Crippen molar-refractivity contribution in [2.24, 2.45) is 17.6 Å². The van der Waals surface area contributed by atoms with Crippen molar-refractivity contribution in [2.75, 3.05) is 39.6 Å². The molecule has 0 bridgehead atoms. The molecule has 1 saturated heterocycles. The molecule has 0 radical (unpaired) electrons. The van der Waals surface area contributed by atoms with E-state index in [9.17, 15) is 18.0 Å². The number of hydrogen-bond acceptors (Lipinski definition) is 7. The number of aromatic nitrogens is 1. The first kappa shape index (κ1) is 29.2. The third-order valence-corrected chi connectivity index (χ3v) is 8.40. The number of piperidine rings is 1. The number of hydrogen-bond donors (Lipinski definition) is 1. The van der Waals surface area contributed by atoms with E-state index in [4.69, 9.17) is 15.2 Å². The third-order valence-electron chi connectivity index (χ3n) is 7.39. The van der Waals surface area contributed by atoms with Crippen LogP contribution < -0.4 is 10.5 Å². The van der Waals surface area contributed by atoms with Crippen LogP contribution in [0.3, 0.4) is 0 Å². The Morgan fingerprint density at radius 2 is 1.95 bits per heavy atom. The predicted octanol–water partition coefficient (Wildman–Crippen LogP) is 5.73. The summed E-state index contributed by atoms with van der Waals surface area (Å²) in [6, 6.07) is 9.61. The molecule has 3 unspecified atom stereocenters. The zero-order valence-corrected chi connectivity index (χ0v) is 23.0. The van der Waals surface area contributed by atoms with Crippen LogP contribution in [0.4, 0.5) is 13.2 Å². The molecule has 2 aromatic carbocycles. The molecular weight excluding hydrogens is 527 g/mol. The number of esters is 1. The number of halogens is 3. The van der Waals surface area contributed by atoms with E-state index in [1.807, 2.05) is 0 Å². The van der Waals surface area contributed by atoms with Gasteiger partial charge in [0.05, 0.1) is 25.4 Å². The van der Waals surface area contributed by atoms with Crippen molar-refractivity contribution in [1.29, 1.82) is 0 Å². The number of likely N-dealkylation sites (tertiary alicyclic amines) is 1. The lowest BCUT2D eigenvalue weighted by Gasteiger charge is -2.38. The Kier molecular flexibility index (Phi) is 10.1. The number of carbonyl (C=O) groups is 1. The molecule has 2 heterocycles. The summed E-state index contributed by atoms with van der Waals surface area (Å²) >= 11 is 1.28. The summed E-state index contributed by atoms with van der Waals surface area (Å²) in [7, 11) is 2.93. The van der Waals surface area contributed by atoms with Gasteiger partial charge in [0, 0.05) is 41.6 Å². The highest BCUT2D eigenvalue weighted by Gasteiger charge is 2.31. The normalized spacial score (nSPS) is 18.7. The van der Waals surface area contributed by atoms with Crippen molar-refractivity contribution in [2.45, 2.75) is 36.6 Å². The van der Waals surface area contributed by atoms with E-state index in [2.05, 4.69) is 9.88 Å². The monoisotopic (exact) mass is 561 g/mol. The molecule has 2 N–H and O–H groups in total. The van der Waals surface area contributed by atoms with E-state index in [-0.39, 0.29) is 29.9 Å². The SMILES string of the molecule is COC(=O)CC1CN(CCSc2cc(F)ccc2F)CCC1CCC(N)c1nc2ccc(OC)cc2cc1F. The van der Waals surface area contributed by atoms with E-state index in [1.54, 1.807) is 25.3 Å². The summed E-state index contributed by atoms with van der Waals surface area (Å²) in [6.07, 6.45) is 2.38. The van der Waals surface area contributed by atoms with Crippen LogP contribution >= 0.6 is 11.8 Å². The van der Waals surface area contributed by atoms with Gasteiger partial charge in [0.25, 0.3) is 0 Å². The number of nitrogens with zero attached hydrogens (tertiary/aromatic N) is 2. The molecule has 3 aromatic rings. The van der Waals surface area contributed by atoms with E-state index in [0.29, 0.717) is 46.8 Å². The molecule has 1 fully saturated rings. The Morgan fingerprint density at radius 3 is 2.72 bits per heavy atom. The zero-order valence-electron chi connectivity index (χ0n) is 22.2. The Labute approximate surface area is 231 Å². The van der Waals surface area contributed by atoms with Crippen molar-refractivity contribution < 1.29 is 27.4 Å². The fourth-order valence-electron chi connectivity index (χ4n) is 5.20. The van der Waals surface area contributed by atoms with Gasteiger partial charge < -0.3 is 20.1 Å². The topological polar surface area (TPSA) is 77.7 Å². The van der Waals surface area contributed by atoms with Crippen molar-refractivity contribution >= 4 is 28.6 Å². The van der Waals surface area contributed by atoms with Crippen LogP contribution in [0.2, 0.25) is 0 Å². The molecule has 10 heteroatoms. The largest absolute Gasteiger partial charge is 0.497 e. The first-order valence-corrected chi connectivity index (χ1v) is 14.0. The molecule has 4 rings (SSSR count). The Bertz CT molecular complexity index is 1300. The number of nitrogens with two attached hydrogens (primary N) is 1. The van der Waals surface area contributed by atoms with Crippen molar-refractivity contribution in [3.8, 4) is 5.75 Å². The fraction of sp³-hybridized carbons (Fsp3) is 0.448. The number of ether oxygens (including phenoxy) is 2. The highest BCUT2D eigenvalue weighted by atomic mass is 32.2. The third kappa shape index (κ3) is 7.64. The minimum Gasteiger partial charge on any atom is -0.497 e. The number of pyridine rings is 1. The van der Waals surface area contributed by atoms with E-state index in [1.165, 1.54) is 31.0 Å². The number of methoxy groups -OCH3 is 2. The first-order valence-electron chi connectivity index (χ1n) is 13.0. The van der Waals surface area contributed by atoms with Gasteiger partial charge in [0.2, 0.25) is 0 Å². The highest BCUT2D eigenvalue weighted by molar-refractivity contribution is 7.99. The number of fused-ring (bicyclic) bond motifs is 1. The number of benzene rings is 2. The van der Waals surface area contributed by atoms with Crippen LogP contribution in [0.25, 0.3) is 10.9 Å². The zero-order chi connectivity index (χ0) is 27.9. The molecule has 0 spiro atoms. The molecule has 1 aliphatic heterocycles. The molecule has 1 aromatic heterocycles. The number of rotatable bonds is 11. The van der Waals surface area contributed by atoms with Crippen LogP contribution in [0.1, 0.15) is 37.4 Å². The second-order valence-corrected chi connectivity index (χ2v) is 11.0. The average Bonchev–Trinajstić information content (AvgIpc) is 2.93. The molecule has 0 amide bonds. The molecule has 0 saturated carbocycles. The number of carbonyl (C=O) groups excluding carboxylic acids is 1. The Morgan fingerprint density at radius 1 is 1.13 bits per heavy atom. The maximum absolute atomic E-state index is 14.9. The van der Waals surface area contributed by atoms with Gasteiger partial charge in [-0.3, -0.25) is 4.79 Å². The predicted molar refractivity (Wildman–Crippen MR) is 146 cm³/mol. The highest BCUT2D eigenvalue weighted by Crippen LogP contribution is 2.34. The van der Waals surface area contributed by atoms with Crippen LogP contribution in [0.15, 0.2) is 47.4 Å². The average molecular weight is 562 g/mol. The molecule has 6 nitrogen and oxygen atoms in total. The fourth-order valence-corrected chi connectivity index (χ4v) is 6.17. The number of thioether (sulfide) groups is 1. The van der Waals surface area contributed by atoms with Crippen molar-refractivity contribution in [1.82, 2.24) is 9.88 Å². The maximum atomic E-state index is 14.9. The molecule has 39 heavy (non-hydrogen) atoms. The van der Waals surface area contributed by atoms with Crippen molar-refractivity contribution in [3.05, 3.63) is 65.6 Å². The maximum Gasteiger partial charge on any atom is 0.305 e. The summed E-state index contributed by atoms with van der Waals surface area (Å²) in [5.41, 5.74) is 7.30. The van der Waals surface area contributed by atoms with Crippen molar-refractivity contribution in [3.63, 3.8) is 0 Å². The summed E-state index contributed by atoms with van der Waals surface area (Å²) < 4.78 is 52.5. The molecule has 3 atom stereocenters. The smallest absolute Gasteiger partial charge is 0.305 e. The van der Waals surface area contributed by atoms with Gasteiger partial charge in [0.1, 0.15) is 23.2 Å². The minimum atomic E-state index is -0.578. The quantitative estimate of drug-likeness (QED) is 0.237. The van der Waals surface area contributed by atoms with E-state index < -0.39 is 23.5 Å². The second-order valence-electron chi connectivity index (χ2n) is 9.91. The molecular formula is C29H34F3N3O3S.